The molecule has 12 heteroatoms. The standard InChI is InChI=1S/C28H30FN7O3S/c1-13-6-8-16-15(10-30-34-16)19(13)22-21(29)23-20-24(33-26(32-23)40-5)35-11-14-7-9-17(18(35)12-38-25(20)31-22)36(14)27(37)39-28(2,3)4/h6,8,10,14,17-18H,7,9,11-12H2,1-5H3,(H,30,34)/t14-,17+,18-/m1/s1. The number of ether oxygens (including phenoxy) is 2. The summed E-state index contributed by atoms with van der Waals surface area (Å²) in [6.07, 6.45) is 4.92. The first-order valence-electron chi connectivity index (χ1n) is 13.4. The van der Waals surface area contributed by atoms with Crippen molar-refractivity contribution in [3.63, 3.8) is 0 Å². The first kappa shape index (κ1) is 25.3. The molecule has 10 nitrogen and oxygen atoms in total. The van der Waals surface area contributed by atoms with Gasteiger partial charge in [0.25, 0.3) is 0 Å². The number of amides is 1. The van der Waals surface area contributed by atoms with E-state index in [-0.39, 0.29) is 42.0 Å². The largest absolute Gasteiger partial charge is 0.475 e. The monoisotopic (exact) mass is 563 g/mol. The zero-order chi connectivity index (χ0) is 27.9. The van der Waals surface area contributed by atoms with Gasteiger partial charge in [-0.1, -0.05) is 17.8 Å². The number of nitrogens with one attached hydrogen (secondary N) is 1. The number of thioether (sulfide) groups is 1. The van der Waals surface area contributed by atoms with Crippen molar-refractivity contribution in [3.8, 4) is 17.1 Å². The van der Waals surface area contributed by atoms with Crippen LogP contribution in [0.1, 0.15) is 39.2 Å². The Bertz CT molecular complexity index is 1690. The summed E-state index contributed by atoms with van der Waals surface area (Å²) in [5.41, 5.74) is 2.05. The number of aromatic amines is 1. The molecular weight excluding hydrogens is 533 g/mol. The molecule has 4 aromatic rings. The predicted octanol–water partition coefficient (Wildman–Crippen LogP) is 5.09. The molecular formula is C28H30FN7O3S. The predicted molar refractivity (Wildman–Crippen MR) is 150 cm³/mol. The molecule has 1 amide bonds. The number of anilines is 1. The molecule has 2 saturated heterocycles. The van der Waals surface area contributed by atoms with Gasteiger partial charge in [0.1, 0.15) is 34.6 Å². The quantitative estimate of drug-likeness (QED) is 0.264. The van der Waals surface area contributed by atoms with E-state index in [1.165, 1.54) is 11.8 Å². The summed E-state index contributed by atoms with van der Waals surface area (Å²) < 4.78 is 28.7. The van der Waals surface area contributed by atoms with Crippen molar-refractivity contribution in [2.45, 2.75) is 69.4 Å². The van der Waals surface area contributed by atoms with Crippen LogP contribution in [0, 0.1) is 12.7 Å². The van der Waals surface area contributed by atoms with Gasteiger partial charge in [0.15, 0.2) is 11.0 Å². The van der Waals surface area contributed by atoms with E-state index >= 15 is 4.39 Å². The lowest BCUT2D eigenvalue weighted by Crippen LogP contribution is -2.63. The minimum Gasteiger partial charge on any atom is -0.475 e. The zero-order valence-corrected chi connectivity index (χ0v) is 23.8. The summed E-state index contributed by atoms with van der Waals surface area (Å²) >= 11 is 1.36. The van der Waals surface area contributed by atoms with Crippen LogP contribution in [-0.4, -0.2) is 79.3 Å². The van der Waals surface area contributed by atoms with Crippen molar-refractivity contribution < 1.29 is 18.7 Å². The molecule has 1 aromatic carbocycles. The van der Waals surface area contributed by atoms with Crippen molar-refractivity contribution >= 4 is 45.5 Å². The highest BCUT2D eigenvalue weighted by Crippen LogP contribution is 2.45. The topological polar surface area (TPSA) is 109 Å². The Labute approximate surface area is 234 Å². The number of aryl methyl sites for hydroxylation is 1. The van der Waals surface area contributed by atoms with Crippen LogP contribution >= 0.6 is 11.8 Å². The fraction of sp³-hybridized carbons (Fsp3) is 0.464. The highest BCUT2D eigenvalue weighted by Gasteiger charge is 2.51. The van der Waals surface area contributed by atoms with E-state index in [9.17, 15) is 4.79 Å². The maximum atomic E-state index is 16.5. The average molecular weight is 564 g/mol. The van der Waals surface area contributed by atoms with Crippen LogP contribution in [0.15, 0.2) is 23.5 Å². The SMILES string of the molecule is CSc1nc2c3c(nc(-c4c(C)ccc5[nH]ncc45)c(F)c3n1)OC[C@@H]1[C@@H]3CC[C@H](CN21)N3C(=O)OC(C)(C)C. The van der Waals surface area contributed by atoms with Gasteiger partial charge in [0.2, 0.25) is 5.88 Å². The minimum atomic E-state index is -0.594. The van der Waals surface area contributed by atoms with E-state index in [1.54, 1.807) is 6.20 Å². The third-order valence-electron chi connectivity index (χ3n) is 8.03. The lowest BCUT2D eigenvalue weighted by Gasteiger charge is -2.46. The van der Waals surface area contributed by atoms with Crippen LogP contribution in [0.3, 0.4) is 0 Å². The van der Waals surface area contributed by atoms with Gasteiger partial charge in [-0.25, -0.2) is 24.1 Å². The van der Waals surface area contributed by atoms with Crippen molar-refractivity contribution in [3.05, 3.63) is 29.7 Å². The van der Waals surface area contributed by atoms with Crippen LogP contribution in [0.4, 0.5) is 15.0 Å². The summed E-state index contributed by atoms with van der Waals surface area (Å²) in [5.74, 6) is 0.374. The second kappa shape index (κ2) is 8.92. The summed E-state index contributed by atoms with van der Waals surface area (Å²) in [6.45, 7) is 8.36. The van der Waals surface area contributed by atoms with Crippen molar-refractivity contribution in [2.75, 3.05) is 24.3 Å². The molecule has 0 saturated carbocycles. The first-order chi connectivity index (χ1) is 19.1. The first-order valence-corrected chi connectivity index (χ1v) is 14.7. The number of H-pyrrole nitrogens is 1. The molecule has 0 spiro atoms. The fourth-order valence-electron chi connectivity index (χ4n) is 6.36. The number of rotatable bonds is 2. The van der Waals surface area contributed by atoms with Crippen molar-refractivity contribution in [1.29, 1.82) is 0 Å². The van der Waals surface area contributed by atoms with E-state index in [2.05, 4.69) is 20.1 Å². The second-order valence-electron chi connectivity index (χ2n) is 11.6. The maximum absolute atomic E-state index is 16.5. The van der Waals surface area contributed by atoms with Crippen molar-refractivity contribution in [1.82, 2.24) is 30.0 Å². The van der Waals surface area contributed by atoms with E-state index < -0.39 is 11.4 Å². The number of nitrogens with zero attached hydrogens (tertiary/aromatic N) is 6. The Morgan fingerprint density at radius 2 is 2.02 bits per heavy atom. The third kappa shape index (κ3) is 3.79. The Kier molecular flexibility index (Phi) is 5.64. The van der Waals surface area contributed by atoms with Crippen LogP contribution in [-0.2, 0) is 4.74 Å². The molecule has 0 unspecified atom stereocenters. The van der Waals surface area contributed by atoms with Gasteiger partial charge >= 0.3 is 6.09 Å². The Balaban J connectivity index is 1.39. The molecule has 0 aliphatic carbocycles. The van der Waals surface area contributed by atoms with Gasteiger partial charge in [0.05, 0.1) is 29.8 Å². The number of carbonyl (C=O) groups excluding carboxylic acids is 1. The number of hydrogen-bond acceptors (Lipinski definition) is 9. The summed E-state index contributed by atoms with van der Waals surface area (Å²) in [6, 6.07) is 3.47. The molecule has 3 atom stereocenters. The Morgan fingerprint density at radius 1 is 1.20 bits per heavy atom. The fourth-order valence-corrected chi connectivity index (χ4v) is 6.72. The molecule has 40 heavy (non-hydrogen) atoms. The zero-order valence-electron chi connectivity index (χ0n) is 23.0. The molecule has 0 radical (unpaired) electrons. The summed E-state index contributed by atoms with van der Waals surface area (Å²) in [7, 11) is 0. The molecule has 3 aliphatic heterocycles. The van der Waals surface area contributed by atoms with Gasteiger partial charge in [-0.2, -0.15) is 5.10 Å². The van der Waals surface area contributed by atoms with E-state index in [0.717, 1.165) is 29.3 Å². The molecule has 7 rings (SSSR count). The summed E-state index contributed by atoms with van der Waals surface area (Å²) in [5, 5.41) is 8.81. The van der Waals surface area contributed by atoms with Crippen LogP contribution in [0.5, 0.6) is 5.88 Å². The number of halogens is 1. The van der Waals surface area contributed by atoms with E-state index in [4.69, 9.17) is 19.4 Å². The van der Waals surface area contributed by atoms with Crippen LogP contribution < -0.4 is 9.64 Å². The molecule has 3 aromatic heterocycles. The Morgan fingerprint density at radius 3 is 2.80 bits per heavy atom. The normalized spacial score (nSPS) is 21.9. The molecule has 1 N–H and O–H groups in total. The van der Waals surface area contributed by atoms with Gasteiger partial charge in [0, 0.05) is 17.5 Å². The highest BCUT2D eigenvalue weighted by molar-refractivity contribution is 7.98. The molecule has 2 fully saturated rings. The third-order valence-corrected chi connectivity index (χ3v) is 8.58. The van der Waals surface area contributed by atoms with Crippen LogP contribution in [0.2, 0.25) is 0 Å². The average Bonchev–Trinajstić information content (AvgIpc) is 3.47. The lowest BCUT2D eigenvalue weighted by atomic mass is 9.99. The number of piperazine rings is 1. The molecule has 2 bridgehead atoms. The number of fused-ring (bicyclic) bond motifs is 6. The number of benzene rings is 1. The number of hydrogen-bond donors (Lipinski definition) is 1. The molecule has 6 heterocycles. The van der Waals surface area contributed by atoms with Gasteiger partial charge in [-0.15, -0.1) is 0 Å². The van der Waals surface area contributed by atoms with Gasteiger partial charge in [-0.3, -0.25) is 10.00 Å². The molecule has 208 valence electrons. The van der Waals surface area contributed by atoms with Gasteiger partial charge in [-0.05, 0) is 58.4 Å². The molecule has 3 aliphatic rings. The minimum absolute atomic E-state index is 0.0428. The smallest absolute Gasteiger partial charge is 0.410 e. The maximum Gasteiger partial charge on any atom is 0.410 e. The number of pyridine rings is 1. The van der Waals surface area contributed by atoms with Crippen molar-refractivity contribution in [2.24, 2.45) is 0 Å². The van der Waals surface area contributed by atoms with Gasteiger partial charge < -0.3 is 14.4 Å². The Hall–Kier alpha value is -3.67. The second-order valence-corrected chi connectivity index (χ2v) is 12.4. The number of carbonyl (C=O) groups is 1. The van der Waals surface area contributed by atoms with Crippen LogP contribution in [0.25, 0.3) is 33.1 Å². The lowest BCUT2D eigenvalue weighted by molar-refractivity contribution is 0.00539. The highest BCUT2D eigenvalue weighted by atomic mass is 32.2. The van der Waals surface area contributed by atoms with E-state index in [1.807, 2.05) is 51.0 Å². The summed E-state index contributed by atoms with van der Waals surface area (Å²) in [4.78, 5) is 31.6. The number of aromatic nitrogens is 5. The van der Waals surface area contributed by atoms with E-state index in [0.29, 0.717) is 34.3 Å².